The van der Waals surface area contributed by atoms with Crippen LogP contribution in [0, 0.1) is 0 Å². The minimum Gasteiger partial charge on any atom is -0.497 e. The van der Waals surface area contributed by atoms with Gasteiger partial charge in [0.1, 0.15) is 10.1 Å². The van der Waals surface area contributed by atoms with Crippen molar-refractivity contribution in [3.8, 4) is 5.75 Å². The third-order valence-electron chi connectivity index (χ3n) is 3.70. The van der Waals surface area contributed by atoms with Crippen molar-refractivity contribution in [3.63, 3.8) is 0 Å². The third-order valence-corrected chi connectivity index (χ3v) is 5.08. The average Bonchev–Trinajstić information content (AvgIpc) is 3.13. The highest BCUT2D eigenvalue weighted by Gasteiger charge is 2.34. The van der Waals surface area contributed by atoms with Gasteiger partial charge in [0.15, 0.2) is 0 Å². The number of carbonyl (C=O) groups excluding carboxylic acids is 1. The molecule has 0 unspecified atom stereocenters. The molecular formula is C16H17NO3S2. The van der Waals surface area contributed by atoms with Crippen LogP contribution < -0.4 is 4.74 Å². The molecule has 1 aromatic carbocycles. The highest BCUT2D eigenvalue weighted by molar-refractivity contribution is 8.26. The van der Waals surface area contributed by atoms with Gasteiger partial charge in [0.2, 0.25) is 0 Å². The van der Waals surface area contributed by atoms with Crippen LogP contribution in [0.2, 0.25) is 0 Å². The number of methoxy groups -OCH3 is 1. The Morgan fingerprint density at radius 1 is 1.45 bits per heavy atom. The lowest BCUT2D eigenvalue weighted by molar-refractivity contribution is -0.123. The highest BCUT2D eigenvalue weighted by Crippen LogP contribution is 2.33. The van der Waals surface area contributed by atoms with Crippen molar-refractivity contribution in [2.45, 2.75) is 18.9 Å². The first-order chi connectivity index (χ1) is 10.7. The number of rotatable bonds is 4. The summed E-state index contributed by atoms with van der Waals surface area (Å²) >= 11 is 6.69. The largest absolute Gasteiger partial charge is 0.497 e. The van der Waals surface area contributed by atoms with Gasteiger partial charge in [-0.25, -0.2) is 0 Å². The first kappa shape index (κ1) is 15.5. The fraction of sp³-hybridized carbons (Fsp3) is 0.375. The standard InChI is InChI=1S/C16H17NO3S2/c1-19-12-6-4-11(5-7-12)9-14-15(18)17(16(21)22-14)10-13-3-2-8-20-13/h4-7,9,13H,2-3,8,10H2,1H3/b14-9-/t13-/m1/s1. The predicted molar refractivity (Wildman–Crippen MR) is 91.8 cm³/mol. The van der Waals surface area contributed by atoms with Gasteiger partial charge < -0.3 is 9.47 Å². The molecule has 2 heterocycles. The third kappa shape index (κ3) is 3.34. The Bertz CT molecular complexity index is 606. The normalized spacial score (nSPS) is 23.6. The van der Waals surface area contributed by atoms with Gasteiger partial charge in [-0.15, -0.1) is 0 Å². The van der Waals surface area contributed by atoms with Gasteiger partial charge in [0, 0.05) is 6.61 Å². The van der Waals surface area contributed by atoms with Crippen LogP contribution in [0.1, 0.15) is 18.4 Å². The van der Waals surface area contributed by atoms with Gasteiger partial charge in [-0.3, -0.25) is 9.69 Å². The van der Waals surface area contributed by atoms with E-state index < -0.39 is 0 Å². The fourth-order valence-electron chi connectivity index (χ4n) is 2.50. The Kier molecular flexibility index (Phi) is 4.81. The van der Waals surface area contributed by atoms with E-state index in [1.807, 2.05) is 30.3 Å². The summed E-state index contributed by atoms with van der Waals surface area (Å²) in [6, 6.07) is 7.59. The SMILES string of the molecule is COc1ccc(/C=C2\SC(=S)N(C[C@H]3CCCO3)C2=O)cc1. The zero-order valence-corrected chi connectivity index (χ0v) is 13.9. The molecule has 1 amide bonds. The van der Waals surface area contributed by atoms with Crippen molar-refractivity contribution < 1.29 is 14.3 Å². The molecule has 2 fully saturated rings. The summed E-state index contributed by atoms with van der Waals surface area (Å²) in [4.78, 5) is 14.8. The lowest BCUT2D eigenvalue weighted by Gasteiger charge is -2.18. The Balaban J connectivity index is 1.72. The summed E-state index contributed by atoms with van der Waals surface area (Å²) in [5.41, 5.74) is 0.957. The quantitative estimate of drug-likeness (QED) is 0.624. The van der Waals surface area contributed by atoms with Gasteiger partial charge in [-0.2, -0.15) is 0 Å². The Morgan fingerprint density at radius 2 is 2.23 bits per heavy atom. The Hall–Kier alpha value is -1.37. The van der Waals surface area contributed by atoms with Gasteiger partial charge in [-0.05, 0) is 36.6 Å². The maximum Gasteiger partial charge on any atom is 0.266 e. The van der Waals surface area contributed by atoms with E-state index >= 15 is 0 Å². The molecule has 0 bridgehead atoms. The molecule has 0 saturated carbocycles. The molecule has 3 rings (SSSR count). The van der Waals surface area contributed by atoms with Crippen LogP contribution in [0.25, 0.3) is 6.08 Å². The van der Waals surface area contributed by atoms with Crippen LogP contribution in [0.3, 0.4) is 0 Å². The van der Waals surface area contributed by atoms with Gasteiger partial charge in [0.05, 0.1) is 24.7 Å². The zero-order chi connectivity index (χ0) is 15.5. The van der Waals surface area contributed by atoms with E-state index in [-0.39, 0.29) is 12.0 Å². The molecule has 0 aliphatic carbocycles. The molecular weight excluding hydrogens is 318 g/mol. The van der Waals surface area contributed by atoms with Crippen LogP contribution in [0.15, 0.2) is 29.2 Å². The maximum atomic E-state index is 12.5. The summed E-state index contributed by atoms with van der Waals surface area (Å²) in [7, 11) is 1.63. The van der Waals surface area contributed by atoms with Gasteiger partial charge in [0.25, 0.3) is 5.91 Å². The van der Waals surface area contributed by atoms with Gasteiger partial charge >= 0.3 is 0 Å². The van der Waals surface area contributed by atoms with Gasteiger partial charge in [-0.1, -0.05) is 36.1 Å². The van der Waals surface area contributed by atoms with Crippen LogP contribution in [-0.4, -0.2) is 41.5 Å². The highest BCUT2D eigenvalue weighted by atomic mass is 32.2. The van der Waals surface area contributed by atoms with E-state index in [1.165, 1.54) is 11.8 Å². The summed E-state index contributed by atoms with van der Waals surface area (Å²) < 4.78 is 11.3. The van der Waals surface area contributed by atoms with E-state index in [2.05, 4.69) is 0 Å². The smallest absolute Gasteiger partial charge is 0.266 e. The molecule has 1 atom stereocenters. The van der Waals surface area contributed by atoms with Crippen molar-refractivity contribution in [2.75, 3.05) is 20.3 Å². The van der Waals surface area contributed by atoms with Crippen molar-refractivity contribution in [2.24, 2.45) is 0 Å². The molecule has 6 heteroatoms. The van der Waals surface area contributed by atoms with E-state index in [4.69, 9.17) is 21.7 Å². The molecule has 116 valence electrons. The number of thioether (sulfide) groups is 1. The number of ether oxygens (including phenoxy) is 2. The topological polar surface area (TPSA) is 38.8 Å². The second-order valence-corrected chi connectivity index (χ2v) is 6.88. The molecule has 0 radical (unpaired) electrons. The number of benzene rings is 1. The summed E-state index contributed by atoms with van der Waals surface area (Å²) in [5.74, 6) is 0.768. The number of hydrogen-bond acceptors (Lipinski definition) is 5. The summed E-state index contributed by atoms with van der Waals surface area (Å²) in [6.45, 7) is 1.34. The number of carbonyl (C=O) groups is 1. The number of nitrogens with zero attached hydrogens (tertiary/aromatic N) is 1. The molecule has 2 aliphatic rings. The van der Waals surface area contributed by atoms with Crippen LogP contribution >= 0.6 is 24.0 Å². The van der Waals surface area contributed by atoms with E-state index in [0.717, 1.165) is 30.8 Å². The monoisotopic (exact) mass is 335 g/mol. The van der Waals surface area contributed by atoms with E-state index in [1.54, 1.807) is 12.0 Å². The first-order valence-corrected chi connectivity index (χ1v) is 8.41. The van der Waals surface area contributed by atoms with Crippen molar-refractivity contribution in [1.82, 2.24) is 4.90 Å². The molecule has 0 aromatic heterocycles. The lowest BCUT2D eigenvalue weighted by Crippen LogP contribution is -2.35. The molecule has 0 spiro atoms. The van der Waals surface area contributed by atoms with Crippen molar-refractivity contribution >= 4 is 40.3 Å². The summed E-state index contributed by atoms with van der Waals surface area (Å²) in [5, 5.41) is 0. The van der Waals surface area contributed by atoms with Crippen molar-refractivity contribution in [3.05, 3.63) is 34.7 Å². The Morgan fingerprint density at radius 3 is 2.86 bits per heavy atom. The summed E-state index contributed by atoms with van der Waals surface area (Å²) in [6.07, 6.45) is 4.03. The first-order valence-electron chi connectivity index (χ1n) is 7.18. The average molecular weight is 335 g/mol. The molecule has 2 aliphatic heterocycles. The Labute approximate surface area is 139 Å². The van der Waals surface area contributed by atoms with Crippen molar-refractivity contribution in [1.29, 1.82) is 0 Å². The number of amides is 1. The molecule has 1 aromatic rings. The second kappa shape index (κ2) is 6.81. The zero-order valence-electron chi connectivity index (χ0n) is 12.3. The molecule has 0 N–H and O–H groups in total. The van der Waals surface area contributed by atoms with Crippen LogP contribution in [0.4, 0.5) is 0 Å². The molecule has 2 saturated heterocycles. The minimum atomic E-state index is -0.0266. The van der Waals surface area contributed by atoms with E-state index in [0.29, 0.717) is 15.8 Å². The molecule has 22 heavy (non-hydrogen) atoms. The lowest BCUT2D eigenvalue weighted by atomic mass is 10.2. The van der Waals surface area contributed by atoms with Crippen LogP contribution in [-0.2, 0) is 9.53 Å². The number of thiocarbonyl (C=S) groups is 1. The maximum absolute atomic E-state index is 12.5. The second-order valence-electron chi connectivity index (χ2n) is 5.20. The number of hydrogen-bond donors (Lipinski definition) is 0. The fourth-order valence-corrected chi connectivity index (χ4v) is 3.78. The minimum absolute atomic E-state index is 0.0266. The van der Waals surface area contributed by atoms with E-state index in [9.17, 15) is 4.79 Å². The van der Waals surface area contributed by atoms with Crippen LogP contribution in [0.5, 0.6) is 5.75 Å². The predicted octanol–water partition coefficient (Wildman–Crippen LogP) is 3.08. The molecule has 4 nitrogen and oxygen atoms in total.